The van der Waals surface area contributed by atoms with E-state index in [1.165, 1.54) is 12.1 Å². The van der Waals surface area contributed by atoms with E-state index in [1.807, 2.05) is 46.9 Å². The summed E-state index contributed by atoms with van der Waals surface area (Å²) >= 11 is 6.24. The first-order valence-corrected chi connectivity index (χ1v) is 9.14. The lowest BCUT2D eigenvalue weighted by Crippen LogP contribution is -1.98. The Morgan fingerprint density at radius 1 is 0.897 bits per heavy atom. The quantitative estimate of drug-likeness (QED) is 0.307. The smallest absolute Gasteiger partial charge is 0.269 e. The van der Waals surface area contributed by atoms with Crippen LogP contribution in [0.1, 0.15) is 0 Å². The highest BCUT2D eigenvalue weighted by molar-refractivity contribution is 6.31. The van der Waals surface area contributed by atoms with Crippen LogP contribution in [0.2, 0.25) is 5.02 Å². The van der Waals surface area contributed by atoms with Crippen LogP contribution in [0.5, 0.6) is 0 Å². The maximum absolute atomic E-state index is 11.0. The maximum atomic E-state index is 11.0. The number of halogens is 1. The fourth-order valence-electron chi connectivity index (χ4n) is 3.32. The van der Waals surface area contributed by atoms with Gasteiger partial charge in [-0.3, -0.25) is 14.5 Å². The average molecular weight is 402 g/mol. The van der Waals surface area contributed by atoms with E-state index in [4.69, 9.17) is 16.6 Å². The van der Waals surface area contributed by atoms with E-state index in [2.05, 4.69) is 10.2 Å². The van der Waals surface area contributed by atoms with Gasteiger partial charge in [-0.05, 0) is 30.3 Å². The van der Waals surface area contributed by atoms with Crippen LogP contribution in [0.15, 0.2) is 72.8 Å². The molecule has 0 saturated heterocycles. The molecule has 2 heterocycles. The third kappa shape index (κ3) is 2.88. The van der Waals surface area contributed by atoms with Crippen LogP contribution >= 0.6 is 11.6 Å². The molecule has 0 spiro atoms. The summed E-state index contributed by atoms with van der Waals surface area (Å²) < 4.78 is 1.89. The summed E-state index contributed by atoms with van der Waals surface area (Å²) in [4.78, 5) is 15.3. The van der Waals surface area contributed by atoms with E-state index >= 15 is 0 Å². The van der Waals surface area contributed by atoms with Crippen LogP contribution < -0.4 is 0 Å². The van der Waals surface area contributed by atoms with Gasteiger partial charge in [0.05, 0.1) is 16.0 Å². The van der Waals surface area contributed by atoms with Crippen LogP contribution in [0, 0.1) is 10.1 Å². The van der Waals surface area contributed by atoms with Crippen molar-refractivity contribution in [1.82, 2.24) is 19.6 Å². The van der Waals surface area contributed by atoms with Gasteiger partial charge >= 0.3 is 0 Å². The van der Waals surface area contributed by atoms with Crippen LogP contribution in [-0.4, -0.2) is 24.5 Å². The number of benzene rings is 3. The SMILES string of the molecule is O=[N+]([O-])c1ccc(-c2nnc3c(-c4ccccc4)nc4ccc(Cl)cc4n23)cc1. The second-order valence-corrected chi connectivity index (χ2v) is 6.88. The molecule has 0 fully saturated rings. The van der Waals surface area contributed by atoms with Crippen molar-refractivity contribution in [2.24, 2.45) is 0 Å². The third-order valence-corrected chi connectivity index (χ3v) is 4.90. The Kier molecular flexibility index (Phi) is 3.96. The molecule has 0 radical (unpaired) electrons. The molecule has 7 nitrogen and oxygen atoms in total. The van der Waals surface area contributed by atoms with Crippen LogP contribution in [-0.2, 0) is 0 Å². The lowest BCUT2D eigenvalue weighted by atomic mass is 10.1. The number of hydrogen-bond donors (Lipinski definition) is 0. The second-order valence-electron chi connectivity index (χ2n) is 6.45. The molecular weight excluding hydrogens is 390 g/mol. The molecule has 0 aliphatic carbocycles. The number of non-ortho nitro benzene ring substituents is 1. The van der Waals surface area contributed by atoms with E-state index in [9.17, 15) is 10.1 Å². The van der Waals surface area contributed by atoms with Crippen molar-refractivity contribution >= 4 is 34.0 Å². The molecule has 0 bridgehead atoms. The lowest BCUT2D eigenvalue weighted by molar-refractivity contribution is -0.384. The molecule has 140 valence electrons. The zero-order valence-corrected chi connectivity index (χ0v) is 15.6. The minimum Gasteiger partial charge on any atom is -0.271 e. The molecule has 0 atom stereocenters. The minimum absolute atomic E-state index is 0.0158. The highest BCUT2D eigenvalue weighted by Crippen LogP contribution is 2.31. The van der Waals surface area contributed by atoms with E-state index in [0.717, 1.165) is 16.6 Å². The van der Waals surface area contributed by atoms with Crippen molar-refractivity contribution in [3.05, 3.63) is 87.9 Å². The monoisotopic (exact) mass is 401 g/mol. The predicted molar refractivity (Wildman–Crippen MR) is 111 cm³/mol. The number of nitro groups is 1. The van der Waals surface area contributed by atoms with Gasteiger partial charge in [0, 0.05) is 28.3 Å². The molecule has 29 heavy (non-hydrogen) atoms. The Hall–Kier alpha value is -3.84. The summed E-state index contributed by atoms with van der Waals surface area (Å²) in [6.07, 6.45) is 0. The van der Waals surface area contributed by atoms with Gasteiger partial charge in [-0.1, -0.05) is 41.9 Å². The lowest BCUT2D eigenvalue weighted by Gasteiger charge is -2.09. The van der Waals surface area contributed by atoms with Gasteiger partial charge < -0.3 is 0 Å². The Bertz CT molecular complexity index is 1380. The Balaban J connectivity index is 1.84. The number of aromatic nitrogens is 4. The molecule has 0 N–H and O–H groups in total. The summed E-state index contributed by atoms with van der Waals surface area (Å²) in [5, 5.41) is 20.3. The first-order chi connectivity index (χ1) is 14.1. The van der Waals surface area contributed by atoms with Crippen LogP contribution in [0.4, 0.5) is 5.69 Å². The Morgan fingerprint density at radius 3 is 2.38 bits per heavy atom. The van der Waals surface area contributed by atoms with Crippen LogP contribution in [0.25, 0.3) is 39.3 Å². The minimum atomic E-state index is -0.432. The highest BCUT2D eigenvalue weighted by Gasteiger charge is 2.18. The van der Waals surface area contributed by atoms with E-state index in [1.54, 1.807) is 18.2 Å². The number of rotatable bonds is 3. The van der Waals surface area contributed by atoms with Gasteiger partial charge in [-0.15, -0.1) is 10.2 Å². The van der Waals surface area contributed by atoms with Gasteiger partial charge in [0.1, 0.15) is 5.69 Å². The number of nitro benzene ring substituents is 1. The van der Waals surface area contributed by atoms with Crippen molar-refractivity contribution in [2.75, 3.05) is 0 Å². The first-order valence-electron chi connectivity index (χ1n) is 8.76. The predicted octanol–water partition coefficient (Wildman–Crippen LogP) is 5.17. The van der Waals surface area contributed by atoms with Crippen molar-refractivity contribution < 1.29 is 4.92 Å². The number of hydrogen-bond acceptors (Lipinski definition) is 5. The van der Waals surface area contributed by atoms with Crippen molar-refractivity contribution in [3.63, 3.8) is 0 Å². The first kappa shape index (κ1) is 17.3. The molecule has 5 aromatic rings. The molecule has 2 aromatic heterocycles. The summed E-state index contributed by atoms with van der Waals surface area (Å²) in [5.41, 5.74) is 4.41. The number of fused-ring (bicyclic) bond motifs is 3. The van der Waals surface area contributed by atoms with E-state index in [0.29, 0.717) is 27.8 Å². The Labute approximate surface area is 169 Å². The molecule has 0 amide bonds. The van der Waals surface area contributed by atoms with Gasteiger partial charge in [0.2, 0.25) is 0 Å². The van der Waals surface area contributed by atoms with E-state index < -0.39 is 4.92 Å². The van der Waals surface area contributed by atoms with Gasteiger partial charge in [-0.25, -0.2) is 4.98 Å². The largest absolute Gasteiger partial charge is 0.271 e. The fraction of sp³-hybridized carbons (Fsp3) is 0. The molecular formula is C21H12ClN5O2. The van der Waals surface area contributed by atoms with Crippen molar-refractivity contribution in [1.29, 1.82) is 0 Å². The standard InChI is InChI=1S/C21H12ClN5O2/c22-15-8-11-17-18(12-15)26-20(14-6-9-16(10-7-14)27(28)29)24-25-21(26)19(23-17)13-4-2-1-3-5-13/h1-12H. The molecule has 5 rings (SSSR count). The molecule has 0 saturated carbocycles. The summed E-state index contributed by atoms with van der Waals surface area (Å²) in [6.45, 7) is 0. The average Bonchev–Trinajstić information content (AvgIpc) is 3.19. The zero-order chi connectivity index (χ0) is 20.0. The summed E-state index contributed by atoms with van der Waals surface area (Å²) in [6, 6.07) is 21.4. The summed E-state index contributed by atoms with van der Waals surface area (Å²) in [5.74, 6) is 0.557. The summed E-state index contributed by atoms with van der Waals surface area (Å²) in [7, 11) is 0. The van der Waals surface area contributed by atoms with Crippen molar-refractivity contribution in [3.8, 4) is 22.6 Å². The normalized spacial score (nSPS) is 11.2. The maximum Gasteiger partial charge on any atom is 0.269 e. The molecule has 0 aliphatic heterocycles. The van der Waals surface area contributed by atoms with Gasteiger partial charge in [-0.2, -0.15) is 0 Å². The second kappa shape index (κ2) is 6.65. The topological polar surface area (TPSA) is 86.2 Å². The number of nitrogens with zero attached hydrogens (tertiary/aromatic N) is 5. The van der Waals surface area contributed by atoms with Gasteiger partial charge in [0.25, 0.3) is 5.69 Å². The van der Waals surface area contributed by atoms with E-state index in [-0.39, 0.29) is 5.69 Å². The molecule has 8 heteroatoms. The molecule has 3 aromatic carbocycles. The fourth-order valence-corrected chi connectivity index (χ4v) is 3.48. The zero-order valence-electron chi connectivity index (χ0n) is 14.9. The third-order valence-electron chi connectivity index (χ3n) is 4.67. The highest BCUT2D eigenvalue weighted by atomic mass is 35.5. The molecule has 0 aliphatic rings. The Morgan fingerprint density at radius 2 is 1.66 bits per heavy atom. The molecule has 0 unspecified atom stereocenters. The van der Waals surface area contributed by atoms with Gasteiger partial charge in [0.15, 0.2) is 11.5 Å². The van der Waals surface area contributed by atoms with Crippen LogP contribution in [0.3, 0.4) is 0 Å². The van der Waals surface area contributed by atoms with Crippen molar-refractivity contribution in [2.45, 2.75) is 0 Å².